The highest BCUT2D eigenvalue weighted by atomic mass is 16.6. The minimum atomic E-state index is -0.0445. The van der Waals surface area contributed by atoms with E-state index in [0.717, 1.165) is 39.1 Å². The van der Waals surface area contributed by atoms with Gasteiger partial charge in [0.25, 0.3) is 0 Å². The Labute approximate surface area is 172 Å². The van der Waals surface area contributed by atoms with Crippen molar-refractivity contribution < 1.29 is 9.63 Å². The van der Waals surface area contributed by atoms with Gasteiger partial charge in [0.1, 0.15) is 6.61 Å². The fourth-order valence-electron chi connectivity index (χ4n) is 4.64. The van der Waals surface area contributed by atoms with E-state index in [1.54, 1.807) is 6.21 Å². The fourth-order valence-corrected chi connectivity index (χ4v) is 4.64. The monoisotopic (exact) mass is 394 g/mol. The van der Waals surface area contributed by atoms with Crippen molar-refractivity contribution in [3.8, 4) is 0 Å². The van der Waals surface area contributed by atoms with Gasteiger partial charge in [0.15, 0.2) is 0 Å². The van der Waals surface area contributed by atoms with Crippen molar-refractivity contribution in [1.82, 2.24) is 14.8 Å². The largest absolute Gasteiger partial charge is 0.396 e. The van der Waals surface area contributed by atoms with Gasteiger partial charge >= 0.3 is 0 Å². The number of rotatable bonds is 3. The van der Waals surface area contributed by atoms with Crippen LogP contribution in [0.5, 0.6) is 0 Å². The predicted molar refractivity (Wildman–Crippen MR) is 117 cm³/mol. The first-order valence-electron chi connectivity index (χ1n) is 10.6. The van der Waals surface area contributed by atoms with E-state index >= 15 is 0 Å². The van der Waals surface area contributed by atoms with Gasteiger partial charge in [-0.25, -0.2) is 0 Å². The molecule has 2 aromatic rings. The number of nitrogens with one attached hydrogen (secondary N) is 1. The zero-order valence-electron chi connectivity index (χ0n) is 17.5. The molecule has 1 aromatic carbocycles. The van der Waals surface area contributed by atoms with Crippen LogP contribution in [0.15, 0.2) is 35.6 Å². The summed E-state index contributed by atoms with van der Waals surface area (Å²) in [5.41, 5.74) is 5.21. The third kappa shape index (κ3) is 3.69. The van der Waals surface area contributed by atoms with Gasteiger partial charge in [0, 0.05) is 55.4 Å². The molecule has 0 saturated carbocycles. The Kier molecular flexibility index (Phi) is 5.72. The lowest BCUT2D eigenvalue weighted by molar-refractivity contribution is -0.134. The lowest BCUT2D eigenvalue weighted by atomic mass is 9.79. The highest BCUT2D eigenvalue weighted by molar-refractivity contribution is 5.99. The van der Waals surface area contributed by atoms with Gasteiger partial charge in [-0.15, -0.1) is 0 Å². The smallest absolute Gasteiger partial charge is 0.230 e. The molecule has 0 unspecified atom stereocenters. The van der Waals surface area contributed by atoms with Crippen LogP contribution in [0.2, 0.25) is 0 Å². The summed E-state index contributed by atoms with van der Waals surface area (Å²) in [6.45, 7) is 7.24. The first-order valence-corrected chi connectivity index (χ1v) is 10.6. The molecule has 1 aliphatic carbocycles. The predicted octanol–water partition coefficient (Wildman–Crippen LogP) is 3.30. The van der Waals surface area contributed by atoms with Crippen molar-refractivity contribution in [3.63, 3.8) is 0 Å². The number of carbonyl (C=O) groups is 1. The van der Waals surface area contributed by atoms with E-state index in [1.165, 1.54) is 27.6 Å². The standard InChI is InChI=1S/C20H25N3O.C3H5NO/c1-4-23(5-2)20(24)14-9-16-15-7-6-8-17-19(15)13(11-21-17)10-18(16)22(3)12-14;1-2-4-5-3-1/h6-9,11,14,18,21H,4-5,10,12H2,1-3H3;2H,1,3H2/t14-,18-;/m1./s1. The Morgan fingerprint density at radius 1 is 1.34 bits per heavy atom. The number of carbonyl (C=O) groups excluding carboxylic acids is 1. The molecule has 6 nitrogen and oxygen atoms in total. The third-order valence-electron chi connectivity index (χ3n) is 6.15. The lowest BCUT2D eigenvalue weighted by Gasteiger charge is -2.40. The Morgan fingerprint density at radius 2 is 2.17 bits per heavy atom. The number of hydrogen-bond acceptors (Lipinski definition) is 4. The molecule has 1 amide bonds. The van der Waals surface area contributed by atoms with Crippen molar-refractivity contribution in [2.45, 2.75) is 32.7 Å². The van der Waals surface area contributed by atoms with E-state index in [9.17, 15) is 4.79 Å². The highest BCUT2D eigenvalue weighted by Gasteiger charge is 2.36. The maximum atomic E-state index is 12.9. The molecule has 0 spiro atoms. The number of hydrogen-bond donors (Lipinski definition) is 1. The van der Waals surface area contributed by atoms with Crippen LogP contribution >= 0.6 is 0 Å². The maximum Gasteiger partial charge on any atom is 0.230 e. The van der Waals surface area contributed by atoms with Crippen LogP contribution in [-0.4, -0.2) is 66.2 Å². The molecule has 0 bridgehead atoms. The summed E-state index contributed by atoms with van der Waals surface area (Å²) < 4.78 is 0. The van der Waals surface area contributed by atoms with Crippen molar-refractivity contribution in [3.05, 3.63) is 41.6 Å². The second-order valence-electron chi connectivity index (χ2n) is 7.85. The van der Waals surface area contributed by atoms with E-state index in [4.69, 9.17) is 0 Å². The molecule has 1 N–H and O–H groups in total. The Balaban J connectivity index is 0.000000359. The highest BCUT2D eigenvalue weighted by Crippen LogP contribution is 2.40. The van der Waals surface area contributed by atoms with Gasteiger partial charge in [-0.05, 0) is 50.1 Å². The Morgan fingerprint density at radius 3 is 2.83 bits per heavy atom. The maximum absolute atomic E-state index is 12.9. The van der Waals surface area contributed by atoms with Gasteiger partial charge in [0.05, 0.1) is 5.92 Å². The van der Waals surface area contributed by atoms with Gasteiger partial charge < -0.3 is 14.7 Å². The second kappa shape index (κ2) is 8.41. The summed E-state index contributed by atoms with van der Waals surface area (Å²) in [6, 6.07) is 6.82. The number of oxime groups is 1. The van der Waals surface area contributed by atoms with E-state index < -0.39 is 0 Å². The average Bonchev–Trinajstić information content (AvgIpc) is 3.44. The fraction of sp³-hybridized carbons (Fsp3) is 0.478. The van der Waals surface area contributed by atoms with Gasteiger partial charge in [0.2, 0.25) is 5.91 Å². The van der Waals surface area contributed by atoms with E-state index in [1.807, 2.05) is 4.90 Å². The third-order valence-corrected chi connectivity index (χ3v) is 6.15. The summed E-state index contributed by atoms with van der Waals surface area (Å²) >= 11 is 0. The van der Waals surface area contributed by atoms with Crippen molar-refractivity contribution in [1.29, 1.82) is 0 Å². The van der Waals surface area contributed by atoms with Crippen LogP contribution in [0.3, 0.4) is 0 Å². The zero-order valence-corrected chi connectivity index (χ0v) is 17.5. The molecule has 0 fully saturated rings. The molecule has 0 saturated heterocycles. The van der Waals surface area contributed by atoms with Crippen molar-refractivity contribution in [2.24, 2.45) is 11.1 Å². The molecule has 1 aromatic heterocycles. The molecule has 5 rings (SSSR count). The molecule has 3 aliphatic rings. The molecule has 2 atom stereocenters. The first kappa shape index (κ1) is 19.7. The van der Waals surface area contributed by atoms with Crippen LogP contribution in [0.4, 0.5) is 0 Å². The lowest BCUT2D eigenvalue weighted by Crippen LogP contribution is -2.47. The Bertz CT molecular complexity index is 936. The number of fused-ring (bicyclic) bond motifs is 2. The summed E-state index contributed by atoms with van der Waals surface area (Å²) in [5.74, 6) is 0.210. The number of H-pyrrole nitrogens is 1. The molecule has 29 heavy (non-hydrogen) atoms. The number of aromatic nitrogens is 1. The molecular formula is C23H30N4O2. The summed E-state index contributed by atoms with van der Waals surface area (Å²) in [6.07, 6.45) is 8.16. The van der Waals surface area contributed by atoms with E-state index in [0.29, 0.717) is 6.04 Å². The first-order chi connectivity index (χ1) is 14.1. The molecular weight excluding hydrogens is 364 g/mol. The summed E-state index contributed by atoms with van der Waals surface area (Å²) in [5, 5.41) is 4.80. The summed E-state index contributed by atoms with van der Waals surface area (Å²) in [7, 11) is 2.15. The summed E-state index contributed by atoms with van der Waals surface area (Å²) in [4.78, 5) is 25.1. The molecule has 3 heterocycles. The number of amides is 1. The quantitative estimate of drug-likeness (QED) is 0.869. The van der Waals surface area contributed by atoms with Crippen LogP contribution in [0.1, 0.15) is 31.4 Å². The van der Waals surface area contributed by atoms with Crippen LogP contribution in [0, 0.1) is 5.92 Å². The van der Waals surface area contributed by atoms with E-state index in [-0.39, 0.29) is 11.8 Å². The van der Waals surface area contributed by atoms with Crippen LogP contribution in [-0.2, 0) is 16.1 Å². The van der Waals surface area contributed by atoms with Gasteiger partial charge in [-0.3, -0.25) is 9.69 Å². The number of likely N-dealkylation sites (N-methyl/N-ethyl adjacent to an activating group) is 1. The zero-order chi connectivity index (χ0) is 20.4. The second-order valence-corrected chi connectivity index (χ2v) is 7.85. The normalized spacial score (nSPS) is 22.4. The van der Waals surface area contributed by atoms with Gasteiger partial charge in [-0.1, -0.05) is 23.4 Å². The number of aromatic amines is 1. The number of nitrogens with zero attached hydrogens (tertiary/aromatic N) is 3. The minimum absolute atomic E-state index is 0.0445. The molecule has 2 aliphatic heterocycles. The van der Waals surface area contributed by atoms with Crippen molar-refractivity contribution >= 4 is 28.6 Å². The van der Waals surface area contributed by atoms with Crippen molar-refractivity contribution in [2.75, 3.05) is 33.3 Å². The number of benzene rings is 1. The average molecular weight is 395 g/mol. The van der Waals surface area contributed by atoms with Crippen LogP contribution < -0.4 is 0 Å². The van der Waals surface area contributed by atoms with Crippen LogP contribution in [0.25, 0.3) is 16.5 Å². The SMILES string of the molecule is C1=NOCC1.CCN(CC)C(=O)[C@@H]1C=C2c3cccc4[nH]cc(c34)C[C@H]2N(C)C1. The van der Waals surface area contributed by atoms with Gasteiger partial charge in [-0.2, -0.15) is 0 Å². The minimum Gasteiger partial charge on any atom is -0.396 e. The molecule has 154 valence electrons. The topological polar surface area (TPSA) is 60.9 Å². The van der Waals surface area contributed by atoms with E-state index in [2.05, 4.69) is 71.2 Å². The molecule has 6 heteroatoms. The molecule has 0 radical (unpaired) electrons. The Hall–Kier alpha value is -2.60.